The Morgan fingerprint density at radius 3 is 2.17 bits per heavy atom. The summed E-state index contributed by atoms with van der Waals surface area (Å²) in [6.07, 6.45) is 3.08. The van der Waals surface area contributed by atoms with E-state index in [1.807, 2.05) is 55.6 Å². The molecular formula is C24H31N3O2. The molecule has 0 aromatic heterocycles. The lowest BCUT2D eigenvalue weighted by Crippen LogP contribution is -2.47. The summed E-state index contributed by atoms with van der Waals surface area (Å²) in [6.45, 7) is 2.76. The number of carbonyl (C=O) groups excluding carboxylic acids is 2. The molecule has 0 unspecified atom stereocenters. The molecule has 29 heavy (non-hydrogen) atoms. The van der Waals surface area contributed by atoms with Crippen LogP contribution in [0.15, 0.2) is 60.7 Å². The number of nitrogens with one attached hydrogen (secondary N) is 1. The molecule has 5 nitrogen and oxygen atoms in total. The number of hydrogen-bond donors (Lipinski definition) is 1. The van der Waals surface area contributed by atoms with Gasteiger partial charge in [0.2, 0.25) is 11.8 Å². The van der Waals surface area contributed by atoms with Crippen molar-refractivity contribution < 1.29 is 9.59 Å². The highest BCUT2D eigenvalue weighted by molar-refractivity contribution is 5.78. The van der Waals surface area contributed by atoms with Gasteiger partial charge in [0.05, 0.1) is 6.54 Å². The molecule has 154 valence electrons. The number of likely N-dealkylation sites (N-methyl/N-ethyl adjacent to an activating group) is 1. The van der Waals surface area contributed by atoms with E-state index in [1.54, 1.807) is 4.90 Å². The zero-order valence-corrected chi connectivity index (χ0v) is 17.2. The van der Waals surface area contributed by atoms with Crippen LogP contribution in [0.5, 0.6) is 0 Å². The minimum atomic E-state index is 0.117. The minimum absolute atomic E-state index is 0.117. The number of piperidine rings is 1. The second-order valence-electron chi connectivity index (χ2n) is 7.84. The molecule has 5 heteroatoms. The Morgan fingerprint density at radius 1 is 0.966 bits per heavy atom. The maximum atomic E-state index is 12.5. The van der Waals surface area contributed by atoms with E-state index in [2.05, 4.69) is 22.3 Å². The Hall–Kier alpha value is -2.66. The van der Waals surface area contributed by atoms with Crippen molar-refractivity contribution in [1.82, 2.24) is 15.1 Å². The number of hydrogen-bond acceptors (Lipinski definition) is 3. The molecule has 0 bridgehead atoms. The van der Waals surface area contributed by atoms with Gasteiger partial charge in [0, 0.05) is 39.1 Å². The summed E-state index contributed by atoms with van der Waals surface area (Å²) in [5.41, 5.74) is 2.33. The second kappa shape index (κ2) is 10.8. The van der Waals surface area contributed by atoms with Crippen molar-refractivity contribution >= 4 is 11.8 Å². The first-order valence-corrected chi connectivity index (χ1v) is 10.4. The third-order valence-electron chi connectivity index (χ3n) is 5.48. The number of carbonyl (C=O) groups is 2. The van der Waals surface area contributed by atoms with Crippen LogP contribution in [0.1, 0.15) is 30.4 Å². The number of likely N-dealkylation sites (tertiary alicyclic amines) is 1. The molecule has 2 aromatic rings. The van der Waals surface area contributed by atoms with Crippen molar-refractivity contribution in [2.24, 2.45) is 0 Å². The SMILES string of the molecule is CN(Cc1ccccc1)C(=O)CN1CCC(NC(=O)CCc2ccccc2)CC1. The first-order chi connectivity index (χ1) is 14.1. The van der Waals surface area contributed by atoms with Crippen LogP contribution in [0.3, 0.4) is 0 Å². The fourth-order valence-electron chi connectivity index (χ4n) is 3.70. The molecule has 2 amide bonds. The number of nitrogens with zero attached hydrogens (tertiary/aromatic N) is 2. The Kier molecular flexibility index (Phi) is 7.82. The summed E-state index contributed by atoms with van der Waals surface area (Å²) < 4.78 is 0. The molecule has 1 aliphatic heterocycles. The summed E-state index contributed by atoms with van der Waals surface area (Å²) in [4.78, 5) is 28.7. The van der Waals surface area contributed by atoms with Gasteiger partial charge in [-0.25, -0.2) is 0 Å². The van der Waals surface area contributed by atoms with Crippen molar-refractivity contribution in [2.45, 2.75) is 38.3 Å². The van der Waals surface area contributed by atoms with Gasteiger partial charge < -0.3 is 10.2 Å². The molecule has 0 radical (unpaired) electrons. The fourth-order valence-corrected chi connectivity index (χ4v) is 3.70. The van der Waals surface area contributed by atoms with Crippen molar-refractivity contribution in [3.8, 4) is 0 Å². The Bertz CT molecular complexity index is 771. The van der Waals surface area contributed by atoms with Gasteiger partial charge in [-0.3, -0.25) is 14.5 Å². The predicted molar refractivity (Wildman–Crippen MR) is 115 cm³/mol. The maximum Gasteiger partial charge on any atom is 0.236 e. The smallest absolute Gasteiger partial charge is 0.236 e. The van der Waals surface area contributed by atoms with E-state index in [4.69, 9.17) is 0 Å². The minimum Gasteiger partial charge on any atom is -0.353 e. The summed E-state index contributed by atoms with van der Waals surface area (Å²) in [6, 6.07) is 20.4. The van der Waals surface area contributed by atoms with E-state index >= 15 is 0 Å². The zero-order chi connectivity index (χ0) is 20.5. The van der Waals surface area contributed by atoms with E-state index in [-0.39, 0.29) is 17.9 Å². The molecule has 1 heterocycles. The summed E-state index contributed by atoms with van der Waals surface area (Å²) in [7, 11) is 1.86. The van der Waals surface area contributed by atoms with Gasteiger partial charge in [0.25, 0.3) is 0 Å². The Labute approximate surface area is 173 Å². The van der Waals surface area contributed by atoms with E-state index in [0.717, 1.165) is 37.9 Å². The van der Waals surface area contributed by atoms with Crippen LogP contribution < -0.4 is 5.32 Å². The van der Waals surface area contributed by atoms with Crippen LogP contribution in [-0.4, -0.2) is 54.3 Å². The molecule has 1 fully saturated rings. The molecule has 0 saturated carbocycles. The molecule has 1 N–H and O–H groups in total. The van der Waals surface area contributed by atoms with Gasteiger partial charge in [-0.2, -0.15) is 0 Å². The molecule has 1 saturated heterocycles. The molecular weight excluding hydrogens is 362 g/mol. The van der Waals surface area contributed by atoms with Crippen LogP contribution in [0.25, 0.3) is 0 Å². The molecule has 0 atom stereocenters. The van der Waals surface area contributed by atoms with Crippen LogP contribution in [0, 0.1) is 0 Å². The fraction of sp³-hybridized carbons (Fsp3) is 0.417. The molecule has 3 rings (SSSR count). The third-order valence-corrected chi connectivity index (χ3v) is 5.48. The van der Waals surface area contributed by atoms with Crippen LogP contribution in [0.4, 0.5) is 0 Å². The molecule has 0 aliphatic carbocycles. The standard InChI is InChI=1S/C24H31N3O2/c1-26(18-21-10-6-3-7-11-21)24(29)19-27-16-14-22(15-17-27)25-23(28)13-12-20-8-4-2-5-9-20/h2-11,22H,12-19H2,1H3,(H,25,28). The molecule has 1 aliphatic rings. The number of aryl methyl sites for hydroxylation is 1. The van der Waals surface area contributed by atoms with Gasteiger partial charge in [-0.1, -0.05) is 60.7 Å². The topological polar surface area (TPSA) is 52.7 Å². The lowest BCUT2D eigenvalue weighted by Gasteiger charge is -2.33. The Morgan fingerprint density at radius 2 is 1.55 bits per heavy atom. The highest BCUT2D eigenvalue weighted by atomic mass is 16.2. The first kappa shape index (κ1) is 21.1. The average molecular weight is 394 g/mol. The number of amides is 2. The van der Waals surface area contributed by atoms with Gasteiger partial charge in [0.15, 0.2) is 0 Å². The average Bonchev–Trinajstić information content (AvgIpc) is 2.75. The molecule has 2 aromatic carbocycles. The predicted octanol–water partition coefficient (Wildman–Crippen LogP) is 2.86. The van der Waals surface area contributed by atoms with Crippen LogP contribution in [-0.2, 0) is 22.6 Å². The van der Waals surface area contributed by atoms with Gasteiger partial charge in [0.1, 0.15) is 0 Å². The lowest BCUT2D eigenvalue weighted by molar-refractivity contribution is -0.132. The van der Waals surface area contributed by atoms with E-state index in [1.165, 1.54) is 5.56 Å². The van der Waals surface area contributed by atoms with Crippen molar-refractivity contribution in [2.75, 3.05) is 26.7 Å². The molecule has 0 spiro atoms. The van der Waals surface area contributed by atoms with Crippen molar-refractivity contribution in [1.29, 1.82) is 0 Å². The van der Waals surface area contributed by atoms with Crippen molar-refractivity contribution in [3.63, 3.8) is 0 Å². The van der Waals surface area contributed by atoms with E-state index < -0.39 is 0 Å². The number of rotatable bonds is 8. The second-order valence-corrected chi connectivity index (χ2v) is 7.84. The van der Waals surface area contributed by atoms with Crippen molar-refractivity contribution in [3.05, 3.63) is 71.8 Å². The quantitative estimate of drug-likeness (QED) is 0.750. The van der Waals surface area contributed by atoms with Gasteiger partial charge >= 0.3 is 0 Å². The summed E-state index contributed by atoms with van der Waals surface area (Å²) in [5.74, 6) is 0.255. The maximum absolute atomic E-state index is 12.5. The normalized spacial score (nSPS) is 15.1. The highest BCUT2D eigenvalue weighted by Gasteiger charge is 2.23. The van der Waals surface area contributed by atoms with E-state index in [0.29, 0.717) is 19.5 Å². The lowest BCUT2D eigenvalue weighted by atomic mass is 10.0. The van der Waals surface area contributed by atoms with Gasteiger partial charge in [-0.15, -0.1) is 0 Å². The Balaban J connectivity index is 1.34. The zero-order valence-electron chi connectivity index (χ0n) is 17.2. The monoisotopic (exact) mass is 393 g/mol. The van der Waals surface area contributed by atoms with Gasteiger partial charge in [-0.05, 0) is 30.4 Å². The van der Waals surface area contributed by atoms with Crippen LogP contribution in [0.2, 0.25) is 0 Å². The number of benzene rings is 2. The third kappa shape index (κ3) is 7.02. The summed E-state index contributed by atoms with van der Waals surface area (Å²) in [5, 5.41) is 3.16. The largest absolute Gasteiger partial charge is 0.353 e. The first-order valence-electron chi connectivity index (χ1n) is 10.4. The summed E-state index contributed by atoms with van der Waals surface area (Å²) >= 11 is 0. The van der Waals surface area contributed by atoms with Crippen LogP contribution >= 0.6 is 0 Å². The van der Waals surface area contributed by atoms with E-state index in [9.17, 15) is 9.59 Å². The highest BCUT2D eigenvalue weighted by Crippen LogP contribution is 2.12.